The molecule has 4 heterocycles. The Morgan fingerprint density at radius 2 is 2.27 bits per heavy atom. The Bertz CT molecular complexity index is 844. The van der Waals surface area contributed by atoms with Crippen LogP contribution < -0.4 is 5.32 Å². The molecule has 1 aliphatic rings. The monoisotopic (exact) mass is 293 g/mol. The van der Waals surface area contributed by atoms with E-state index in [1.807, 2.05) is 19.2 Å². The number of carbonyl (C=O) groups is 1. The lowest BCUT2D eigenvalue weighted by Gasteiger charge is -2.15. The number of carbonyl (C=O) groups excluding carboxylic acids is 1. The molecule has 6 nitrogen and oxygen atoms in total. The summed E-state index contributed by atoms with van der Waals surface area (Å²) in [5.41, 5.74) is 3.60. The maximum absolute atomic E-state index is 12.6. The van der Waals surface area contributed by atoms with E-state index in [9.17, 15) is 4.79 Å². The van der Waals surface area contributed by atoms with Crippen LogP contribution in [0.25, 0.3) is 11.4 Å². The molecule has 0 aliphatic carbocycles. The summed E-state index contributed by atoms with van der Waals surface area (Å²) in [7, 11) is 0. The van der Waals surface area contributed by atoms with Gasteiger partial charge in [0.05, 0.1) is 11.1 Å². The summed E-state index contributed by atoms with van der Waals surface area (Å²) in [6, 6.07) is 3.72. The molecule has 110 valence electrons. The fourth-order valence-electron chi connectivity index (χ4n) is 2.77. The first-order valence-electron chi connectivity index (χ1n) is 7.18. The van der Waals surface area contributed by atoms with E-state index in [0.29, 0.717) is 11.4 Å². The van der Waals surface area contributed by atoms with Crippen LogP contribution in [0.2, 0.25) is 0 Å². The number of hydrogen-bond donors (Lipinski definition) is 2. The maximum atomic E-state index is 12.6. The molecular formula is C16H15N5O. The second-order valence-electron chi connectivity index (χ2n) is 5.43. The molecular weight excluding hydrogens is 278 g/mol. The highest BCUT2D eigenvalue weighted by Crippen LogP contribution is 2.31. The summed E-state index contributed by atoms with van der Waals surface area (Å²) in [4.78, 5) is 24.3. The normalized spacial score (nSPS) is 12.6. The highest BCUT2D eigenvalue weighted by Gasteiger charge is 2.25. The van der Waals surface area contributed by atoms with Crippen LogP contribution in [0.1, 0.15) is 21.6 Å². The van der Waals surface area contributed by atoms with Crippen molar-refractivity contribution in [2.24, 2.45) is 0 Å². The number of pyridine rings is 1. The predicted octanol–water partition coefficient (Wildman–Crippen LogP) is 2.39. The quantitative estimate of drug-likeness (QED) is 0.761. The molecule has 3 aromatic heterocycles. The summed E-state index contributed by atoms with van der Waals surface area (Å²) < 4.78 is 2.07. The number of imidazole rings is 1. The molecule has 0 fully saturated rings. The van der Waals surface area contributed by atoms with E-state index in [1.54, 1.807) is 24.7 Å². The molecule has 1 aliphatic heterocycles. The number of aryl methyl sites for hydroxylation is 3. The van der Waals surface area contributed by atoms with E-state index in [-0.39, 0.29) is 5.91 Å². The summed E-state index contributed by atoms with van der Waals surface area (Å²) in [6.45, 7) is 2.84. The molecule has 0 saturated heterocycles. The van der Waals surface area contributed by atoms with Gasteiger partial charge < -0.3 is 14.9 Å². The van der Waals surface area contributed by atoms with Crippen molar-refractivity contribution in [1.29, 1.82) is 0 Å². The topological polar surface area (TPSA) is 75.6 Å². The summed E-state index contributed by atoms with van der Waals surface area (Å²) >= 11 is 0. The number of anilines is 1. The minimum absolute atomic E-state index is 0.176. The standard InChI is InChI=1S/C16H15N5O/c1-10-2-3-13(19-8-10)20-16(22)11-9-18-12-4-6-21-7-5-17-15(21)14(11)12/h2-3,5,7-9,18H,4,6H2,1H3,(H,19,20,22). The molecule has 0 aromatic carbocycles. The Morgan fingerprint density at radius 3 is 3.09 bits per heavy atom. The lowest BCUT2D eigenvalue weighted by atomic mass is 10.0. The van der Waals surface area contributed by atoms with Crippen molar-refractivity contribution in [3.63, 3.8) is 0 Å². The number of hydrogen-bond acceptors (Lipinski definition) is 3. The number of aromatic nitrogens is 4. The van der Waals surface area contributed by atoms with Gasteiger partial charge in [-0.25, -0.2) is 9.97 Å². The lowest BCUT2D eigenvalue weighted by Crippen LogP contribution is -2.16. The number of nitrogens with one attached hydrogen (secondary N) is 2. The van der Waals surface area contributed by atoms with Crippen molar-refractivity contribution in [3.05, 3.63) is 53.7 Å². The average molecular weight is 293 g/mol. The van der Waals surface area contributed by atoms with E-state index in [4.69, 9.17) is 0 Å². The second-order valence-corrected chi connectivity index (χ2v) is 5.43. The van der Waals surface area contributed by atoms with Crippen LogP contribution in [0.4, 0.5) is 5.82 Å². The van der Waals surface area contributed by atoms with Crippen LogP contribution in [0.5, 0.6) is 0 Å². The van der Waals surface area contributed by atoms with E-state index >= 15 is 0 Å². The molecule has 0 atom stereocenters. The van der Waals surface area contributed by atoms with Gasteiger partial charge in [0, 0.05) is 43.4 Å². The molecule has 0 spiro atoms. The maximum Gasteiger partial charge on any atom is 0.259 e. The van der Waals surface area contributed by atoms with E-state index in [0.717, 1.165) is 35.6 Å². The van der Waals surface area contributed by atoms with Crippen molar-refractivity contribution in [2.45, 2.75) is 19.9 Å². The fraction of sp³-hybridized carbons (Fsp3) is 0.188. The smallest absolute Gasteiger partial charge is 0.259 e. The predicted molar refractivity (Wildman–Crippen MR) is 82.6 cm³/mol. The highest BCUT2D eigenvalue weighted by atomic mass is 16.1. The van der Waals surface area contributed by atoms with Gasteiger partial charge in [0.1, 0.15) is 11.6 Å². The zero-order valence-corrected chi connectivity index (χ0v) is 12.1. The van der Waals surface area contributed by atoms with Gasteiger partial charge in [0.15, 0.2) is 0 Å². The highest BCUT2D eigenvalue weighted by molar-refractivity contribution is 6.08. The number of rotatable bonds is 2. The van der Waals surface area contributed by atoms with Gasteiger partial charge >= 0.3 is 0 Å². The lowest BCUT2D eigenvalue weighted by molar-refractivity contribution is 0.102. The first-order valence-corrected chi connectivity index (χ1v) is 7.18. The Morgan fingerprint density at radius 1 is 1.36 bits per heavy atom. The minimum atomic E-state index is -0.176. The molecule has 2 N–H and O–H groups in total. The largest absolute Gasteiger partial charge is 0.364 e. The molecule has 0 bridgehead atoms. The first-order chi connectivity index (χ1) is 10.7. The van der Waals surface area contributed by atoms with Gasteiger partial charge in [-0.15, -0.1) is 0 Å². The molecule has 0 unspecified atom stereocenters. The third-order valence-electron chi connectivity index (χ3n) is 3.90. The third-order valence-corrected chi connectivity index (χ3v) is 3.90. The van der Waals surface area contributed by atoms with Gasteiger partial charge in [0.25, 0.3) is 5.91 Å². The summed E-state index contributed by atoms with van der Waals surface area (Å²) in [5, 5.41) is 2.84. The van der Waals surface area contributed by atoms with E-state index in [1.165, 1.54) is 0 Å². The van der Waals surface area contributed by atoms with Crippen LogP contribution in [0.15, 0.2) is 36.9 Å². The van der Waals surface area contributed by atoms with Crippen LogP contribution in [-0.4, -0.2) is 25.4 Å². The zero-order valence-electron chi connectivity index (χ0n) is 12.1. The molecule has 22 heavy (non-hydrogen) atoms. The van der Waals surface area contributed by atoms with Crippen molar-refractivity contribution in [2.75, 3.05) is 5.32 Å². The molecule has 1 amide bonds. The van der Waals surface area contributed by atoms with Crippen molar-refractivity contribution in [1.82, 2.24) is 19.5 Å². The first kappa shape index (κ1) is 12.8. The Balaban J connectivity index is 1.68. The summed E-state index contributed by atoms with van der Waals surface area (Å²) in [5.74, 6) is 1.21. The van der Waals surface area contributed by atoms with Gasteiger partial charge in [-0.2, -0.15) is 0 Å². The fourth-order valence-corrected chi connectivity index (χ4v) is 2.77. The molecule has 3 aromatic rings. The number of fused-ring (bicyclic) bond motifs is 3. The minimum Gasteiger partial charge on any atom is -0.364 e. The molecule has 6 heteroatoms. The van der Waals surface area contributed by atoms with Gasteiger partial charge in [-0.3, -0.25) is 4.79 Å². The van der Waals surface area contributed by atoms with Crippen molar-refractivity contribution >= 4 is 11.7 Å². The van der Waals surface area contributed by atoms with Crippen molar-refractivity contribution < 1.29 is 4.79 Å². The van der Waals surface area contributed by atoms with Gasteiger partial charge in [0.2, 0.25) is 0 Å². The molecule has 0 radical (unpaired) electrons. The van der Waals surface area contributed by atoms with Crippen LogP contribution >= 0.6 is 0 Å². The average Bonchev–Trinajstić information content (AvgIpc) is 3.14. The number of aromatic amines is 1. The number of nitrogens with zero attached hydrogens (tertiary/aromatic N) is 3. The van der Waals surface area contributed by atoms with Crippen LogP contribution in [0.3, 0.4) is 0 Å². The SMILES string of the molecule is Cc1ccc(NC(=O)c2c[nH]c3c2-c2nccn2CC3)nc1. The molecule has 0 saturated carbocycles. The zero-order chi connectivity index (χ0) is 15.1. The Kier molecular flexibility index (Phi) is 2.82. The van der Waals surface area contributed by atoms with Gasteiger partial charge in [-0.05, 0) is 18.6 Å². The van der Waals surface area contributed by atoms with Crippen LogP contribution in [0, 0.1) is 6.92 Å². The van der Waals surface area contributed by atoms with E-state index in [2.05, 4.69) is 24.8 Å². The number of amides is 1. The summed E-state index contributed by atoms with van der Waals surface area (Å²) in [6.07, 6.45) is 8.05. The second kappa shape index (κ2) is 4.84. The van der Waals surface area contributed by atoms with E-state index < -0.39 is 0 Å². The van der Waals surface area contributed by atoms with Gasteiger partial charge in [-0.1, -0.05) is 6.07 Å². The van der Waals surface area contributed by atoms with Crippen LogP contribution in [-0.2, 0) is 13.0 Å². The number of H-pyrrole nitrogens is 1. The third kappa shape index (κ3) is 2.00. The molecule has 4 rings (SSSR count). The van der Waals surface area contributed by atoms with Crippen molar-refractivity contribution in [3.8, 4) is 11.4 Å². The Labute approximate surface area is 127 Å². The Hall–Kier alpha value is -2.89.